The standard InChI is InChI=1S/C33H42N6O2/c1-4-28(40)37-16-18-38(19-17-37)31-30-27(20-34-22-33(30)13-14-33)39(32(35-31)41-21-25-11-7-15-36(25)3)26-12-6-10-24-9-5-8-23(2)29(24)26/h4-6,8-10,12,25,32,34H,1,7,11,13-22H2,2-3H3/t25?,32-/m1/s1. The maximum atomic E-state index is 12.3. The second-order valence-corrected chi connectivity index (χ2v) is 12.4. The predicted octanol–water partition coefficient (Wildman–Crippen LogP) is 3.73. The van der Waals surface area contributed by atoms with E-state index in [-0.39, 0.29) is 11.3 Å². The number of ether oxygens (including phenoxy) is 1. The number of likely N-dealkylation sites (N-methyl/N-ethyl adjacent to an activating group) is 1. The summed E-state index contributed by atoms with van der Waals surface area (Å²) in [6, 6.07) is 13.6. The third kappa shape index (κ3) is 4.66. The predicted molar refractivity (Wildman–Crippen MR) is 164 cm³/mol. The van der Waals surface area contributed by atoms with Gasteiger partial charge in [0.15, 0.2) is 0 Å². The van der Waals surface area contributed by atoms with Crippen molar-refractivity contribution in [3.63, 3.8) is 0 Å². The number of fused-ring (bicyclic) bond motifs is 2. The van der Waals surface area contributed by atoms with Crippen molar-refractivity contribution in [3.05, 3.63) is 65.9 Å². The van der Waals surface area contributed by atoms with Crippen molar-refractivity contribution in [2.45, 2.75) is 45.0 Å². The van der Waals surface area contributed by atoms with Crippen LogP contribution < -0.4 is 10.2 Å². The minimum atomic E-state index is -0.452. The van der Waals surface area contributed by atoms with Gasteiger partial charge >= 0.3 is 0 Å². The molecule has 0 aromatic heterocycles. The summed E-state index contributed by atoms with van der Waals surface area (Å²) >= 11 is 0. The molecule has 41 heavy (non-hydrogen) atoms. The Hall–Kier alpha value is -3.20. The average Bonchev–Trinajstić information content (AvgIpc) is 3.64. The van der Waals surface area contributed by atoms with Gasteiger partial charge in [0.2, 0.25) is 12.3 Å². The van der Waals surface area contributed by atoms with Gasteiger partial charge < -0.3 is 24.8 Å². The first-order chi connectivity index (χ1) is 20.0. The lowest BCUT2D eigenvalue weighted by Crippen LogP contribution is -2.56. The molecule has 8 heteroatoms. The second-order valence-electron chi connectivity index (χ2n) is 12.4. The van der Waals surface area contributed by atoms with E-state index in [4.69, 9.17) is 9.73 Å². The van der Waals surface area contributed by atoms with Gasteiger partial charge in [-0.15, -0.1) is 0 Å². The Morgan fingerprint density at radius 3 is 2.63 bits per heavy atom. The molecule has 1 spiro atoms. The monoisotopic (exact) mass is 554 g/mol. The van der Waals surface area contributed by atoms with Crippen molar-refractivity contribution in [1.82, 2.24) is 20.0 Å². The number of nitrogens with one attached hydrogen (secondary N) is 1. The molecule has 2 aromatic rings. The third-order valence-corrected chi connectivity index (χ3v) is 9.92. The van der Waals surface area contributed by atoms with Crippen LogP contribution in [0.2, 0.25) is 0 Å². The summed E-state index contributed by atoms with van der Waals surface area (Å²) in [6.45, 7) is 12.3. The molecule has 216 valence electrons. The quantitative estimate of drug-likeness (QED) is 0.569. The summed E-state index contributed by atoms with van der Waals surface area (Å²) in [5.74, 6) is 1.10. The fourth-order valence-electron chi connectivity index (χ4n) is 7.39. The van der Waals surface area contributed by atoms with Crippen molar-refractivity contribution >= 4 is 28.2 Å². The van der Waals surface area contributed by atoms with E-state index in [2.05, 4.69) is 77.0 Å². The number of rotatable bonds is 5. The van der Waals surface area contributed by atoms with Crippen LogP contribution in [-0.2, 0) is 9.53 Å². The molecule has 0 radical (unpaired) electrons. The number of nitrogens with zero attached hydrogens (tertiary/aromatic N) is 5. The van der Waals surface area contributed by atoms with Gasteiger partial charge in [-0.3, -0.25) is 9.69 Å². The highest BCUT2D eigenvalue weighted by atomic mass is 16.5. The van der Waals surface area contributed by atoms with Gasteiger partial charge in [-0.05, 0) is 69.3 Å². The van der Waals surface area contributed by atoms with Crippen LogP contribution in [0.25, 0.3) is 10.8 Å². The summed E-state index contributed by atoms with van der Waals surface area (Å²) in [4.78, 5) is 27.0. The first-order valence-electron chi connectivity index (χ1n) is 15.3. The van der Waals surface area contributed by atoms with Gasteiger partial charge in [0, 0.05) is 67.4 Å². The molecule has 4 heterocycles. The van der Waals surface area contributed by atoms with E-state index in [1.807, 2.05) is 4.90 Å². The molecular formula is C33H42N6O2. The first-order valence-corrected chi connectivity index (χ1v) is 15.3. The lowest BCUT2D eigenvalue weighted by molar-refractivity contribution is -0.127. The Morgan fingerprint density at radius 2 is 1.93 bits per heavy atom. The van der Waals surface area contributed by atoms with E-state index in [0.29, 0.717) is 25.7 Å². The molecule has 5 aliphatic rings. The molecule has 7 rings (SSSR count). The van der Waals surface area contributed by atoms with E-state index < -0.39 is 6.35 Å². The van der Waals surface area contributed by atoms with Crippen LogP contribution in [-0.4, -0.2) is 98.3 Å². The SMILES string of the molecule is C=CC(=O)N1CCN(C2=N[C@@H](OCC3CCCN3C)N(c3cccc4cccc(C)c34)C3=C2C2(CC2)CNC3)CC1. The number of hydrogen-bond donors (Lipinski definition) is 1. The zero-order valence-corrected chi connectivity index (χ0v) is 24.4. The van der Waals surface area contributed by atoms with Crippen molar-refractivity contribution in [1.29, 1.82) is 0 Å². The Balaban J connectivity index is 1.32. The maximum absolute atomic E-state index is 12.3. The van der Waals surface area contributed by atoms with Crippen molar-refractivity contribution < 1.29 is 9.53 Å². The summed E-state index contributed by atoms with van der Waals surface area (Å²) in [5, 5.41) is 6.28. The highest BCUT2D eigenvalue weighted by Gasteiger charge is 2.54. The lowest BCUT2D eigenvalue weighted by Gasteiger charge is -2.47. The van der Waals surface area contributed by atoms with Gasteiger partial charge in [-0.2, -0.15) is 0 Å². The van der Waals surface area contributed by atoms with E-state index in [0.717, 1.165) is 45.0 Å². The Morgan fingerprint density at radius 1 is 1.15 bits per heavy atom. The van der Waals surface area contributed by atoms with Crippen molar-refractivity contribution in [2.24, 2.45) is 10.4 Å². The van der Waals surface area contributed by atoms with Crippen molar-refractivity contribution in [3.8, 4) is 0 Å². The van der Waals surface area contributed by atoms with Crippen LogP contribution in [0.15, 0.2) is 65.3 Å². The number of hydrogen-bond acceptors (Lipinski definition) is 7. The number of benzene rings is 2. The number of anilines is 1. The number of amides is 1. The number of aryl methyl sites for hydroxylation is 1. The highest BCUT2D eigenvalue weighted by molar-refractivity contribution is 6.05. The van der Waals surface area contributed by atoms with Gasteiger partial charge in [0.05, 0.1) is 12.3 Å². The fraction of sp³-hybridized carbons (Fsp3) is 0.515. The average molecular weight is 555 g/mol. The van der Waals surface area contributed by atoms with E-state index in [9.17, 15) is 4.79 Å². The largest absolute Gasteiger partial charge is 0.353 e. The summed E-state index contributed by atoms with van der Waals surface area (Å²) in [6.07, 6.45) is 5.69. The van der Waals surface area contributed by atoms with Gasteiger partial charge in [0.25, 0.3) is 0 Å². The lowest BCUT2D eigenvalue weighted by atomic mass is 9.87. The van der Waals surface area contributed by atoms with E-state index in [1.54, 1.807) is 0 Å². The second kappa shape index (κ2) is 10.6. The van der Waals surface area contributed by atoms with Crippen LogP contribution in [0.4, 0.5) is 5.69 Å². The number of aliphatic imine (C=N–C) groups is 1. The molecule has 2 aromatic carbocycles. The molecule has 3 fully saturated rings. The molecule has 8 nitrogen and oxygen atoms in total. The smallest absolute Gasteiger partial charge is 0.246 e. The zero-order valence-electron chi connectivity index (χ0n) is 24.4. The Kier molecular flexibility index (Phi) is 6.88. The number of likely N-dealkylation sites (tertiary alicyclic amines) is 1. The van der Waals surface area contributed by atoms with Crippen LogP contribution in [0.3, 0.4) is 0 Å². The zero-order chi connectivity index (χ0) is 28.1. The summed E-state index contributed by atoms with van der Waals surface area (Å²) in [5.41, 5.74) is 5.24. The molecule has 1 amide bonds. The summed E-state index contributed by atoms with van der Waals surface area (Å²) < 4.78 is 6.86. The fourth-order valence-corrected chi connectivity index (χ4v) is 7.39. The molecule has 1 saturated carbocycles. The minimum absolute atomic E-state index is 0.00932. The molecular weight excluding hydrogens is 512 g/mol. The number of amidine groups is 1. The van der Waals surface area contributed by atoms with Gasteiger partial charge in [-0.25, -0.2) is 4.99 Å². The van der Waals surface area contributed by atoms with Crippen LogP contribution in [0.5, 0.6) is 0 Å². The molecule has 1 unspecified atom stereocenters. The van der Waals surface area contributed by atoms with E-state index >= 15 is 0 Å². The van der Waals surface area contributed by atoms with Crippen molar-refractivity contribution in [2.75, 3.05) is 64.4 Å². The number of carbonyl (C=O) groups excluding carboxylic acids is 1. The maximum Gasteiger partial charge on any atom is 0.246 e. The van der Waals surface area contributed by atoms with Crippen LogP contribution >= 0.6 is 0 Å². The molecule has 4 aliphatic heterocycles. The molecule has 2 saturated heterocycles. The van der Waals surface area contributed by atoms with Gasteiger partial charge in [-0.1, -0.05) is 36.9 Å². The highest BCUT2D eigenvalue weighted by Crippen LogP contribution is 2.56. The Bertz CT molecular complexity index is 1410. The molecule has 1 N–H and O–H groups in total. The molecule has 0 bridgehead atoms. The van der Waals surface area contributed by atoms with E-state index in [1.165, 1.54) is 58.6 Å². The topological polar surface area (TPSA) is 63.7 Å². The Labute approximate surface area is 243 Å². The molecule has 2 atom stereocenters. The van der Waals surface area contributed by atoms with Crippen LogP contribution in [0, 0.1) is 12.3 Å². The first kappa shape index (κ1) is 26.7. The third-order valence-electron chi connectivity index (χ3n) is 9.92. The molecule has 1 aliphatic carbocycles. The number of carbonyl (C=O) groups is 1. The normalized spacial score (nSPS) is 26.0. The minimum Gasteiger partial charge on any atom is -0.353 e. The summed E-state index contributed by atoms with van der Waals surface area (Å²) in [7, 11) is 2.20. The van der Waals surface area contributed by atoms with Crippen LogP contribution in [0.1, 0.15) is 31.2 Å². The number of piperazine rings is 1. The van der Waals surface area contributed by atoms with Gasteiger partial charge in [0.1, 0.15) is 5.84 Å².